The third kappa shape index (κ3) is 7.19. The number of carbonyl (C=O) groups is 2. The Morgan fingerprint density at radius 2 is 1.76 bits per heavy atom. The van der Waals surface area contributed by atoms with E-state index in [2.05, 4.69) is 39.8 Å². The highest BCUT2D eigenvalue weighted by Crippen LogP contribution is 2.76. The number of carbonyl (C=O) groups excluding carboxylic acids is 2. The fourth-order valence-electron chi connectivity index (χ4n) is 17.6. The maximum absolute atomic E-state index is 15.8. The molecule has 6 aliphatic carbocycles. The molecule has 3 spiro atoms. The monoisotopic (exact) mass is 1010 g/mol. The van der Waals surface area contributed by atoms with E-state index in [0.29, 0.717) is 68.7 Å². The number of phenols is 1. The zero-order valence-electron chi connectivity index (χ0n) is 42.1. The molecule has 18 atom stereocenters. The number of nitrogens with zero attached hydrogens (tertiary/aromatic N) is 1. The number of phenolic OH excluding ortho intramolecular Hbond substituents is 1. The molecular formula is C56H81NO11S2. The Morgan fingerprint density at radius 3 is 2.47 bits per heavy atom. The summed E-state index contributed by atoms with van der Waals surface area (Å²) in [5, 5.41) is 96.5. The molecule has 70 heavy (non-hydrogen) atoms. The molecule has 8 bridgehead atoms. The quantitative estimate of drug-likeness (QED) is 0.0519. The van der Waals surface area contributed by atoms with E-state index in [-0.39, 0.29) is 91.4 Å². The number of aliphatic hydroxyl groups excluding tert-OH is 4. The number of aliphatic hydroxyl groups is 7. The predicted molar refractivity (Wildman–Crippen MR) is 272 cm³/mol. The van der Waals surface area contributed by atoms with Gasteiger partial charge >= 0.3 is 0 Å². The number of allylic oxidation sites excluding steroid dienone is 2. The van der Waals surface area contributed by atoms with Gasteiger partial charge in [0.1, 0.15) is 23.1 Å². The number of ether oxygens (including phenoxy) is 1. The topological polar surface area (TPSA) is 212 Å². The van der Waals surface area contributed by atoms with Gasteiger partial charge in [-0.05, 0) is 147 Å². The third-order valence-corrected chi connectivity index (χ3v) is 24.6. The summed E-state index contributed by atoms with van der Waals surface area (Å²) < 4.78 is 6.52. The summed E-state index contributed by atoms with van der Waals surface area (Å²) in [6.07, 6.45) is 11.9. The van der Waals surface area contributed by atoms with Crippen molar-refractivity contribution >= 4 is 39.0 Å². The van der Waals surface area contributed by atoms with Crippen LogP contribution in [0.3, 0.4) is 0 Å². The van der Waals surface area contributed by atoms with Crippen molar-refractivity contribution in [2.45, 2.75) is 171 Å². The SMILES string of the molecule is CCCCC[C@H]1CN2C(=O)[C@@]13[C@H](CO)CCC[C@H]3[C@H](CO)SSC[C@@]13C[C@@H](O)[C@](O)(CO)C[C@]1(C)[C@H]1C[C@H]4C=CC[C@](O)([C@@H]5O[C@H]5[C@H](C)C(C)C)[C@H]5CC[C@@](O)(C1=CC3=O)[C@]45CCc1cc(O)cc2c1. The molecule has 0 aromatic heterocycles. The number of aryl methyl sites for hydroxylation is 1. The van der Waals surface area contributed by atoms with Gasteiger partial charge in [-0.2, -0.15) is 0 Å². The molecule has 1 aromatic carbocycles. The Balaban J connectivity index is 1.17. The van der Waals surface area contributed by atoms with Gasteiger partial charge in [0.2, 0.25) is 5.91 Å². The van der Waals surface area contributed by atoms with Gasteiger partial charge in [0.25, 0.3) is 0 Å². The summed E-state index contributed by atoms with van der Waals surface area (Å²) in [5.74, 6) is -1.59. The van der Waals surface area contributed by atoms with Crippen LogP contribution in [0.4, 0.5) is 5.69 Å². The number of fused-ring (bicyclic) bond motifs is 1. The molecule has 4 saturated carbocycles. The molecule has 1 aromatic rings. The van der Waals surface area contributed by atoms with E-state index in [1.54, 1.807) is 18.2 Å². The lowest BCUT2D eigenvalue weighted by molar-refractivity contribution is -0.222. The van der Waals surface area contributed by atoms with Crippen LogP contribution < -0.4 is 4.90 Å². The smallest absolute Gasteiger partial charge is 0.234 e. The second kappa shape index (κ2) is 18.4. The normalized spacial score (nSPS) is 46.9. The van der Waals surface area contributed by atoms with E-state index in [0.717, 1.165) is 37.7 Å². The summed E-state index contributed by atoms with van der Waals surface area (Å²) >= 11 is 0. The van der Waals surface area contributed by atoms with Gasteiger partial charge in [0, 0.05) is 47.2 Å². The van der Waals surface area contributed by atoms with Crippen LogP contribution in [-0.2, 0) is 20.7 Å². The molecule has 0 unspecified atom stereocenters. The lowest BCUT2D eigenvalue weighted by Gasteiger charge is -2.67. The molecule has 11 aliphatic rings. The van der Waals surface area contributed by atoms with Crippen molar-refractivity contribution in [2.75, 3.05) is 37.0 Å². The molecule has 6 fully saturated rings. The van der Waals surface area contributed by atoms with Crippen LogP contribution in [0.2, 0.25) is 0 Å². The van der Waals surface area contributed by atoms with Gasteiger partial charge in [-0.25, -0.2) is 0 Å². The summed E-state index contributed by atoms with van der Waals surface area (Å²) in [6, 6.07) is 5.41. The minimum Gasteiger partial charge on any atom is -0.508 e. The molecule has 12 nitrogen and oxygen atoms in total. The number of anilines is 1. The highest BCUT2D eigenvalue weighted by molar-refractivity contribution is 8.77. The van der Waals surface area contributed by atoms with Crippen molar-refractivity contribution in [3.05, 3.63) is 47.6 Å². The number of hydrogen-bond acceptors (Lipinski definition) is 13. The molecule has 388 valence electrons. The largest absolute Gasteiger partial charge is 0.508 e. The van der Waals surface area contributed by atoms with Crippen molar-refractivity contribution in [1.82, 2.24) is 0 Å². The number of rotatable bonds is 10. The summed E-state index contributed by atoms with van der Waals surface area (Å²) in [6.45, 7) is 9.98. The number of epoxide rings is 1. The number of benzene rings is 1. The van der Waals surface area contributed by atoms with Crippen LogP contribution in [-0.4, -0.2) is 125 Å². The van der Waals surface area contributed by atoms with Crippen LogP contribution in [0, 0.1) is 69.0 Å². The first-order valence-electron chi connectivity index (χ1n) is 27.0. The average molecular weight is 1010 g/mol. The molecule has 5 aliphatic heterocycles. The van der Waals surface area contributed by atoms with E-state index in [1.165, 1.54) is 21.6 Å². The predicted octanol–water partition coefficient (Wildman–Crippen LogP) is 6.91. The second-order valence-corrected chi connectivity index (χ2v) is 27.3. The number of unbranched alkanes of at least 4 members (excludes halogenated alkanes) is 2. The van der Waals surface area contributed by atoms with Crippen LogP contribution in [0.5, 0.6) is 5.75 Å². The number of aromatic hydroxyl groups is 1. The van der Waals surface area contributed by atoms with Gasteiger partial charge in [-0.1, -0.05) is 94.0 Å². The number of ketones is 1. The van der Waals surface area contributed by atoms with Crippen LogP contribution in [0.25, 0.3) is 0 Å². The van der Waals surface area contributed by atoms with Gasteiger partial charge < -0.3 is 50.5 Å². The average Bonchev–Trinajstić information content (AvgIpc) is 4.03. The highest BCUT2D eigenvalue weighted by Gasteiger charge is 2.78. The van der Waals surface area contributed by atoms with E-state index in [9.17, 15) is 40.9 Å². The molecular weight excluding hydrogens is 927 g/mol. The Kier molecular flexibility index (Phi) is 13.5. The van der Waals surface area contributed by atoms with Gasteiger partial charge in [-0.15, -0.1) is 0 Å². The standard InChI is InChI=1S/C56H81NO11S2/c1-6-7-8-11-36-26-57-38-20-34(21-39(61)23-38)15-18-53-35-13-10-17-54(66,48-47(68-48)33(4)32(2)3)44(53)16-19-55(53,67)42-24-45(62)51(25-46(63)52(65,30-60)29-50(51,5)41(42)22-35)31-69-70-43(28-59)40-14-9-12-37(27-58)56(36,40)49(57)64/h10,13,20-21,23-24,32-33,35-37,40-41,43-44,46-48,58-61,63,65-67H,6-9,11-12,14-19,22,25-31H2,1-5H3/t33-,35-,36+,37+,40+,41+,43+,44+,46-,47+,48-,50-,51-,52-,53-,54-,55-,56-/m1/s1. The van der Waals surface area contributed by atoms with Crippen LogP contribution in [0.1, 0.15) is 130 Å². The molecule has 1 amide bonds. The van der Waals surface area contributed by atoms with Crippen molar-refractivity contribution in [1.29, 1.82) is 0 Å². The Hall–Kier alpha value is -1.98. The van der Waals surface area contributed by atoms with Crippen LogP contribution in [0.15, 0.2) is 42.0 Å². The molecule has 5 heterocycles. The number of amides is 1. The second-order valence-electron chi connectivity index (χ2n) is 24.7. The first kappa shape index (κ1) is 51.5. The highest BCUT2D eigenvalue weighted by atomic mass is 33.1. The molecule has 12 rings (SSSR count). The van der Waals surface area contributed by atoms with Gasteiger partial charge in [0.15, 0.2) is 5.78 Å². The summed E-state index contributed by atoms with van der Waals surface area (Å²) in [7, 11) is 2.94. The maximum Gasteiger partial charge on any atom is 0.234 e. The van der Waals surface area contributed by atoms with E-state index in [4.69, 9.17) is 4.74 Å². The van der Waals surface area contributed by atoms with E-state index >= 15 is 9.59 Å². The molecule has 2 saturated heterocycles. The fourth-order valence-corrected chi connectivity index (χ4v) is 21.1. The first-order chi connectivity index (χ1) is 33.3. The minimum absolute atomic E-state index is 0.0167. The first-order valence-corrected chi connectivity index (χ1v) is 29.4. The molecule has 14 heteroatoms. The molecule has 8 N–H and O–H groups in total. The van der Waals surface area contributed by atoms with Gasteiger partial charge in [-0.3, -0.25) is 9.59 Å². The Labute approximate surface area is 422 Å². The van der Waals surface area contributed by atoms with Crippen molar-refractivity contribution < 1.29 is 55.2 Å². The van der Waals surface area contributed by atoms with Crippen molar-refractivity contribution in [3.63, 3.8) is 0 Å². The number of hydrogen-bond donors (Lipinski definition) is 8. The van der Waals surface area contributed by atoms with E-state index in [1.807, 2.05) is 17.9 Å². The third-order valence-electron chi connectivity index (χ3n) is 21.6. The zero-order chi connectivity index (χ0) is 50.0. The van der Waals surface area contributed by atoms with Crippen molar-refractivity contribution in [2.24, 2.45) is 69.0 Å². The Morgan fingerprint density at radius 1 is 0.971 bits per heavy atom. The fraction of sp³-hybridized carbons (Fsp3) is 0.786. The summed E-state index contributed by atoms with van der Waals surface area (Å²) in [4.78, 5) is 33.4. The van der Waals surface area contributed by atoms with Gasteiger partial charge in [0.05, 0.1) is 41.9 Å². The minimum atomic E-state index is -1.91. The van der Waals surface area contributed by atoms with E-state index < -0.39 is 74.4 Å². The lowest BCUT2D eigenvalue weighted by atomic mass is 9.38. The lowest BCUT2D eigenvalue weighted by Crippen LogP contribution is -2.71. The molecule has 0 radical (unpaired) electrons. The zero-order valence-corrected chi connectivity index (χ0v) is 43.7. The Bertz CT molecular complexity index is 2260. The van der Waals surface area contributed by atoms with Crippen LogP contribution >= 0.6 is 21.6 Å². The maximum atomic E-state index is 15.8. The summed E-state index contributed by atoms with van der Waals surface area (Å²) in [5.41, 5.74) is -7.19. The van der Waals surface area contributed by atoms with Crippen molar-refractivity contribution in [3.8, 4) is 5.75 Å².